The number of carbonyl (C=O) groups excluding carboxylic acids is 1. The molecule has 0 amide bonds. The van der Waals surface area contributed by atoms with Crippen molar-refractivity contribution in [1.29, 1.82) is 0 Å². The number of carbonyl (C=O) groups is 1. The molecular weight excluding hydrogens is 296 g/mol. The summed E-state index contributed by atoms with van der Waals surface area (Å²) in [5.74, 6) is -1.24. The maximum Gasteiger partial charge on any atom is 0.331 e. The Balaban J connectivity index is 2.38. The molecule has 23 heavy (non-hydrogen) atoms. The van der Waals surface area contributed by atoms with Crippen molar-refractivity contribution in [1.82, 2.24) is 9.55 Å². The Labute approximate surface area is 132 Å². The summed E-state index contributed by atoms with van der Waals surface area (Å²) in [5, 5.41) is 10.1. The monoisotopic (exact) mass is 314 g/mol. The van der Waals surface area contributed by atoms with Gasteiger partial charge in [0.05, 0.1) is 0 Å². The molecule has 2 aromatic rings. The molecule has 1 heterocycles. The zero-order valence-corrected chi connectivity index (χ0v) is 12.8. The first-order chi connectivity index (χ1) is 11.0. The number of hydrogen-bond acceptors (Lipinski definition) is 4. The summed E-state index contributed by atoms with van der Waals surface area (Å²) in [6.07, 6.45) is 4.20. The van der Waals surface area contributed by atoms with Crippen LogP contribution < -0.4 is 11.2 Å². The van der Waals surface area contributed by atoms with E-state index in [9.17, 15) is 19.5 Å². The predicted molar refractivity (Wildman–Crippen MR) is 87.7 cm³/mol. The summed E-state index contributed by atoms with van der Waals surface area (Å²) >= 11 is 0. The lowest BCUT2D eigenvalue weighted by Gasteiger charge is -2.09. The molecule has 0 aliphatic carbocycles. The van der Waals surface area contributed by atoms with Crippen molar-refractivity contribution >= 4 is 11.9 Å². The summed E-state index contributed by atoms with van der Waals surface area (Å²) in [5.41, 5.74) is -1.24. The number of nitrogens with zero attached hydrogens (tertiary/aromatic N) is 1. The first-order valence-corrected chi connectivity index (χ1v) is 7.38. The lowest BCUT2D eigenvalue weighted by Crippen LogP contribution is -2.33. The molecule has 0 aliphatic heterocycles. The van der Waals surface area contributed by atoms with Gasteiger partial charge in [-0.05, 0) is 18.1 Å². The third-order valence-electron chi connectivity index (χ3n) is 3.38. The Morgan fingerprint density at radius 3 is 2.61 bits per heavy atom. The summed E-state index contributed by atoms with van der Waals surface area (Å²) in [7, 11) is 0. The van der Waals surface area contributed by atoms with Gasteiger partial charge in [0.2, 0.25) is 5.88 Å². The van der Waals surface area contributed by atoms with Gasteiger partial charge < -0.3 is 5.11 Å². The summed E-state index contributed by atoms with van der Waals surface area (Å²) in [6.45, 7) is 2.17. The smallest absolute Gasteiger partial charge is 0.331 e. The van der Waals surface area contributed by atoms with Crippen LogP contribution in [0.15, 0.2) is 46.0 Å². The van der Waals surface area contributed by atoms with Crippen molar-refractivity contribution in [3.05, 3.63) is 68.4 Å². The maximum absolute atomic E-state index is 12.2. The van der Waals surface area contributed by atoms with E-state index >= 15 is 0 Å². The Bertz CT molecular complexity index is 832. The van der Waals surface area contributed by atoms with Crippen LogP contribution in [0.4, 0.5) is 0 Å². The zero-order valence-electron chi connectivity index (χ0n) is 12.8. The van der Waals surface area contributed by atoms with Gasteiger partial charge in [0.1, 0.15) is 5.56 Å². The number of ketones is 1. The van der Waals surface area contributed by atoms with Crippen LogP contribution in [0, 0.1) is 0 Å². The average Bonchev–Trinajstić information content (AvgIpc) is 2.53. The van der Waals surface area contributed by atoms with Crippen LogP contribution >= 0.6 is 0 Å². The van der Waals surface area contributed by atoms with E-state index in [2.05, 4.69) is 4.98 Å². The third-order valence-corrected chi connectivity index (χ3v) is 3.38. The number of aromatic nitrogens is 2. The van der Waals surface area contributed by atoms with Crippen molar-refractivity contribution in [2.45, 2.75) is 26.3 Å². The SMILES string of the molecule is CCCCn1c(O)c(C(=O)/C=C/c2ccccc2)c(=O)[nH]c1=O. The minimum atomic E-state index is -0.886. The largest absolute Gasteiger partial charge is 0.494 e. The second kappa shape index (κ2) is 7.40. The van der Waals surface area contributed by atoms with Gasteiger partial charge >= 0.3 is 5.69 Å². The molecule has 0 aliphatic rings. The standard InChI is InChI=1S/C17H18N2O4/c1-2-3-11-19-16(22)14(15(21)18-17(19)23)13(20)10-9-12-7-5-4-6-8-12/h4-10,22H,2-3,11H2,1H3,(H,18,21,23)/b10-9+. The number of unbranched alkanes of at least 4 members (excludes halogenated alkanes) is 1. The third kappa shape index (κ3) is 3.85. The molecule has 120 valence electrons. The minimum absolute atomic E-state index is 0.237. The normalized spacial score (nSPS) is 11.0. The summed E-state index contributed by atoms with van der Waals surface area (Å²) in [6, 6.07) is 9.09. The molecular formula is C17H18N2O4. The van der Waals surface area contributed by atoms with Crippen LogP contribution in [-0.2, 0) is 6.54 Å². The molecule has 0 fully saturated rings. The summed E-state index contributed by atoms with van der Waals surface area (Å²) in [4.78, 5) is 37.9. The maximum atomic E-state index is 12.2. The molecule has 0 bridgehead atoms. The van der Waals surface area contributed by atoms with E-state index in [0.29, 0.717) is 6.42 Å². The van der Waals surface area contributed by atoms with Crippen molar-refractivity contribution in [3.8, 4) is 5.88 Å². The van der Waals surface area contributed by atoms with E-state index in [1.165, 1.54) is 6.08 Å². The molecule has 6 nitrogen and oxygen atoms in total. The fourth-order valence-corrected chi connectivity index (χ4v) is 2.12. The number of nitrogens with one attached hydrogen (secondary N) is 1. The fourth-order valence-electron chi connectivity index (χ4n) is 2.12. The van der Waals surface area contributed by atoms with Gasteiger partial charge in [0.25, 0.3) is 5.56 Å². The molecule has 0 saturated carbocycles. The average molecular weight is 314 g/mol. The van der Waals surface area contributed by atoms with Gasteiger partial charge in [-0.25, -0.2) is 4.79 Å². The Morgan fingerprint density at radius 1 is 1.26 bits per heavy atom. The zero-order chi connectivity index (χ0) is 16.8. The van der Waals surface area contributed by atoms with E-state index in [4.69, 9.17) is 0 Å². The van der Waals surface area contributed by atoms with Crippen molar-refractivity contribution in [2.24, 2.45) is 0 Å². The highest BCUT2D eigenvalue weighted by molar-refractivity contribution is 6.07. The van der Waals surface area contributed by atoms with Crippen LogP contribution in [0.1, 0.15) is 35.7 Å². The number of hydrogen-bond donors (Lipinski definition) is 2. The van der Waals surface area contributed by atoms with E-state index in [1.807, 2.05) is 25.1 Å². The molecule has 0 radical (unpaired) electrons. The molecule has 2 rings (SSSR count). The molecule has 6 heteroatoms. The lowest BCUT2D eigenvalue weighted by atomic mass is 10.1. The minimum Gasteiger partial charge on any atom is -0.494 e. The van der Waals surface area contributed by atoms with Crippen LogP contribution in [0.2, 0.25) is 0 Å². The molecule has 1 aromatic heterocycles. The van der Waals surface area contributed by atoms with E-state index in [-0.39, 0.29) is 6.54 Å². The van der Waals surface area contributed by atoms with E-state index < -0.39 is 28.5 Å². The number of benzene rings is 1. The molecule has 0 atom stereocenters. The quantitative estimate of drug-likeness (QED) is 0.629. The number of aromatic hydroxyl groups is 1. The van der Waals surface area contributed by atoms with Crippen LogP contribution in [0.25, 0.3) is 6.08 Å². The van der Waals surface area contributed by atoms with Gasteiger partial charge in [-0.15, -0.1) is 0 Å². The molecule has 0 saturated heterocycles. The summed E-state index contributed by atoms with van der Waals surface area (Å²) < 4.78 is 1.01. The number of allylic oxidation sites excluding steroid dienone is 1. The van der Waals surface area contributed by atoms with Crippen molar-refractivity contribution < 1.29 is 9.90 Å². The molecule has 1 aromatic carbocycles. The molecule has 2 N–H and O–H groups in total. The van der Waals surface area contributed by atoms with E-state index in [0.717, 1.165) is 16.6 Å². The first-order valence-electron chi connectivity index (χ1n) is 7.38. The molecule has 0 unspecified atom stereocenters. The first kappa shape index (κ1) is 16.5. The van der Waals surface area contributed by atoms with Crippen molar-refractivity contribution in [3.63, 3.8) is 0 Å². The fraction of sp³-hybridized carbons (Fsp3) is 0.235. The Morgan fingerprint density at radius 2 is 1.96 bits per heavy atom. The number of rotatable bonds is 6. The van der Waals surface area contributed by atoms with Gasteiger partial charge in [-0.2, -0.15) is 0 Å². The highest BCUT2D eigenvalue weighted by Gasteiger charge is 2.18. The van der Waals surface area contributed by atoms with Gasteiger partial charge in [0, 0.05) is 6.54 Å². The lowest BCUT2D eigenvalue weighted by molar-refractivity contribution is 0.104. The van der Waals surface area contributed by atoms with Crippen LogP contribution in [-0.4, -0.2) is 20.4 Å². The molecule has 0 spiro atoms. The van der Waals surface area contributed by atoms with E-state index in [1.54, 1.807) is 18.2 Å². The van der Waals surface area contributed by atoms with Gasteiger partial charge in [0.15, 0.2) is 5.78 Å². The Hall–Kier alpha value is -2.89. The highest BCUT2D eigenvalue weighted by atomic mass is 16.3. The Kier molecular flexibility index (Phi) is 5.30. The number of aromatic amines is 1. The van der Waals surface area contributed by atoms with Crippen molar-refractivity contribution in [2.75, 3.05) is 0 Å². The van der Waals surface area contributed by atoms with Crippen LogP contribution in [0.3, 0.4) is 0 Å². The second-order valence-corrected chi connectivity index (χ2v) is 5.07. The number of H-pyrrole nitrogens is 1. The second-order valence-electron chi connectivity index (χ2n) is 5.07. The van der Waals surface area contributed by atoms with Gasteiger partial charge in [-0.3, -0.25) is 19.1 Å². The van der Waals surface area contributed by atoms with Gasteiger partial charge in [-0.1, -0.05) is 49.8 Å². The van der Waals surface area contributed by atoms with Crippen LogP contribution in [0.5, 0.6) is 5.88 Å². The predicted octanol–water partition coefficient (Wildman–Crippen LogP) is 1.94. The highest BCUT2D eigenvalue weighted by Crippen LogP contribution is 2.13. The topological polar surface area (TPSA) is 92.2 Å².